The van der Waals surface area contributed by atoms with Crippen molar-refractivity contribution in [2.45, 2.75) is 13.8 Å². The van der Waals surface area contributed by atoms with Crippen molar-refractivity contribution < 1.29 is 14.6 Å². The van der Waals surface area contributed by atoms with Crippen LogP contribution in [0.25, 0.3) is 0 Å². The molecule has 0 amide bonds. The first kappa shape index (κ1) is 16.6. The molecule has 2 heterocycles. The van der Waals surface area contributed by atoms with E-state index in [-0.39, 0.29) is 17.1 Å². The number of halogens is 1. The van der Waals surface area contributed by atoms with Crippen LogP contribution in [0.5, 0.6) is 11.6 Å². The van der Waals surface area contributed by atoms with Crippen LogP contribution in [0.4, 0.5) is 5.69 Å². The molecule has 0 atom stereocenters. The van der Waals surface area contributed by atoms with Gasteiger partial charge in [0.15, 0.2) is 5.78 Å². The first-order chi connectivity index (χ1) is 11.0. The van der Waals surface area contributed by atoms with Crippen molar-refractivity contribution in [2.24, 2.45) is 4.99 Å². The van der Waals surface area contributed by atoms with Crippen LogP contribution in [0.2, 0.25) is 5.02 Å². The average molecular weight is 332 g/mol. The fraction of sp³-hybridized carbons (Fsp3) is 0.125. The van der Waals surface area contributed by atoms with E-state index < -0.39 is 0 Å². The quantitative estimate of drug-likeness (QED) is 0.507. The molecule has 1 N–H and O–H groups in total. The predicted octanol–water partition coefficient (Wildman–Crippen LogP) is 4.05. The predicted molar refractivity (Wildman–Crippen MR) is 87.7 cm³/mol. The summed E-state index contributed by atoms with van der Waals surface area (Å²) in [5.74, 6) is 0.477. The zero-order chi connectivity index (χ0) is 16.8. The van der Waals surface area contributed by atoms with Crippen molar-refractivity contribution in [1.82, 2.24) is 9.97 Å². The molecular weight excluding hydrogens is 318 g/mol. The molecule has 0 radical (unpaired) electrons. The van der Waals surface area contributed by atoms with Gasteiger partial charge >= 0.3 is 0 Å². The SMILES string of the molecule is CC(=O)C(C=Nc1ccc(Oc2cncc(Cl)c2)nc1)=C(C)O. The van der Waals surface area contributed by atoms with Crippen LogP contribution in [0.15, 0.2) is 53.1 Å². The van der Waals surface area contributed by atoms with Gasteiger partial charge in [-0.25, -0.2) is 4.98 Å². The van der Waals surface area contributed by atoms with Gasteiger partial charge in [-0.2, -0.15) is 0 Å². The van der Waals surface area contributed by atoms with Gasteiger partial charge in [-0.3, -0.25) is 14.8 Å². The van der Waals surface area contributed by atoms with Crippen molar-refractivity contribution in [3.05, 3.63) is 53.1 Å². The van der Waals surface area contributed by atoms with Crippen molar-refractivity contribution in [2.75, 3.05) is 0 Å². The fourth-order valence-corrected chi connectivity index (χ4v) is 1.82. The summed E-state index contributed by atoms with van der Waals surface area (Å²) in [6.45, 7) is 2.78. The van der Waals surface area contributed by atoms with Gasteiger partial charge in [0, 0.05) is 24.5 Å². The molecule has 0 saturated carbocycles. The molecule has 7 heteroatoms. The highest BCUT2D eigenvalue weighted by Gasteiger charge is 2.05. The van der Waals surface area contributed by atoms with Crippen LogP contribution >= 0.6 is 11.6 Å². The van der Waals surface area contributed by atoms with Crippen molar-refractivity contribution in [1.29, 1.82) is 0 Å². The van der Waals surface area contributed by atoms with Gasteiger partial charge in [0.2, 0.25) is 5.88 Å². The maximum atomic E-state index is 11.3. The molecule has 2 rings (SSSR count). The van der Waals surface area contributed by atoms with Gasteiger partial charge in [0.1, 0.15) is 11.5 Å². The zero-order valence-electron chi connectivity index (χ0n) is 12.5. The molecule has 0 spiro atoms. The van der Waals surface area contributed by atoms with Crippen LogP contribution in [0.1, 0.15) is 13.8 Å². The summed E-state index contributed by atoms with van der Waals surface area (Å²) in [4.78, 5) is 23.4. The Labute approximate surface area is 138 Å². The third-order valence-corrected chi connectivity index (χ3v) is 2.94. The van der Waals surface area contributed by atoms with E-state index >= 15 is 0 Å². The minimum Gasteiger partial charge on any atom is -0.512 e. The van der Waals surface area contributed by atoms with Gasteiger partial charge in [0.05, 0.1) is 28.7 Å². The Morgan fingerprint density at radius 3 is 2.65 bits per heavy atom. The van der Waals surface area contributed by atoms with E-state index in [0.29, 0.717) is 22.3 Å². The van der Waals surface area contributed by atoms with Gasteiger partial charge in [-0.15, -0.1) is 0 Å². The molecule has 6 nitrogen and oxygen atoms in total. The molecule has 2 aromatic rings. The number of aliphatic hydroxyl groups is 1. The number of ether oxygens (including phenoxy) is 1. The second-order valence-corrected chi connectivity index (χ2v) is 5.05. The summed E-state index contributed by atoms with van der Waals surface area (Å²) >= 11 is 5.82. The second kappa shape index (κ2) is 7.51. The van der Waals surface area contributed by atoms with Crippen LogP contribution in [-0.4, -0.2) is 27.1 Å². The molecule has 0 aromatic carbocycles. The number of aliphatic hydroxyl groups excluding tert-OH is 1. The number of aliphatic imine (C=N–C) groups is 1. The third kappa shape index (κ3) is 4.89. The lowest BCUT2D eigenvalue weighted by Gasteiger charge is -2.04. The van der Waals surface area contributed by atoms with Gasteiger partial charge in [-0.05, 0) is 19.9 Å². The maximum Gasteiger partial charge on any atom is 0.219 e. The van der Waals surface area contributed by atoms with Crippen molar-refractivity contribution in [3.8, 4) is 11.6 Å². The molecule has 0 saturated heterocycles. The number of nitrogens with zero attached hydrogens (tertiary/aromatic N) is 3. The number of Topliss-reactive ketones (excluding diaryl/α,β-unsaturated/α-hetero) is 1. The zero-order valence-corrected chi connectivity index (χ0v) is 13.3. The summed E-state index contributed by atoms with van der Waals surface area (Å²) in [6.07, 6.45) is 5.81. The molecule has 0 fully saturated rings. The summed E-state index contributed by atoms with van der Waals surface area (Å²) in [6, 6.07) is 4.91. The molecule has 118 valence electrons. The number of allylic oxidation sites excluding steroid dienone is 2. The largest absolute Gasteiger partial charge is 0.512 e. The topological polar surface area (TPSA) is 84.7 Å². The minimum absolute atomic E-state index is 0.0809. The molecule has 23 heavy (non-hydrogen) atoms. The summed E-state index contributed by atoms with van der Waals surface area (Å²) < 4.78 is 5.50. The highest BCUT2D eigenvalue weighted by atomic mass is 35.5. The first-order valence-corrected chi connectivity index (χ1v) is 7.03. The molecule has 0 bridgehead atoms. The summed E-state index contributed by atoms with van der Waals surface area (Å²) in [5.41, 5.74) is 0.664. The molecule has 0 unspecified atom stereocenters. The number of aromatic nitrogens is 2. The Bertz CT molecular complexity index is 766. The second-order valence-electron chi connectivity index (χ2n) is 4.61. The Morgan fingerprint density at radius 1 is 1.30 bits per heavy atom. The van der Waals surface area contributed by atoms with Crippen molar-refractivity contribution in [3.63, 3.8) is 0 Å². The number of carbonyl (C=O) groups excluding carboxylic acids is 1. The molecule has 2 aromatic heterocycles. The van der Waals surface area contributed by atoms with Gasteiger partial charge in [-0.1, -0.05) is 11.6 Å². The fourth-order valence-electron chi connectivity index (χ4n) is 1.66. The highest BCUT2D eigenvalue weighted by Crippen LogP contribution is 2.22. The highest BCUT2D eigenvalue weighted by molar-refractivity contribution is 6.30. The molecule has 0 aliphatic rings. The number of rotatable bonds is 5. The van der Waals surface area contributed by atoms with E-state index in [9.17, 15) is 9.90 Å². The Morgan fingerprint density at radius 2 is 2.09 bits per heavy atom. The monoisotopic (exact) mass is 331 g/mol. The Balaban J connectivity index is 2.11. The standard InChI is InChI=1S/C16H14ClN3O3/c1-10(21)15(11(2)22)9-19-13-3-4-16(20-7-13)23-14-5-12(17)6-18-8-14/h3-9,21H,1-2H3. The lowest BCUT2D eigenvalue weighted by molar-refractivity contribution is -0.113. The summed E-state index contributed by atoms with van der Waals surface area (Å²) in [7, 11) is 0. The smallest absolute Gasteiger partial charge is 0.219 e. The van der Waals surface area contributed by atoms with Gasteiger partial charge < -0.3 is 9.84 Å². The van der Waals surface area contributed by atoms with Crippen LogP contribution in [0.3, 0.4) is 0 Å². The van der Waals surface area contributed by atoms with Crippen LogP contribution < -0.4 is 4.74 Å². The molecular formula is C16H14ClN3O3. The van der Waals surface area contributed by atoms with Gasteiger partial charge in [0.25, 0.3) is 0 Å². The lowest BCUT2D eigenvalue weighted by Crippen LogP contribution is -2.01. The normalized spacial score (nSPS) is 12.1. The Hall–Kier alpha value is -2.73. The lowest BCUT2D eigenvalue weighted by atomic mass is 10.2. The average Bonchev–Trinajstić information content (AvgIpc) is 2.48. The first-order valence-electron chi connectivity index (χ1n) is 6.65. The van der Waals surface area contributed by atoms with Crippen molar-refractivity contribution >= 4 is 29.3 Å². The van der Waals surface area contributed by atoms with E-state index in [0.717, 1.165) is 0 Å². The van der Waals surface area contributed by atoms with E-state index in [1.165, 1.54) is 38.7 Å². The van der Waals surface area contributed by atoms with E-state index in [4.69, 9.17) is 16.3 Å². The number of pyridine rings is 2. The Kier molecular flexibility index (Phi) is 5.43. The maximum absolute atomic E-state index is 11.3. The third-order valence-electron chi connectivity index (χ3n) is 2.73. The number of hydrogen-bond donors (Lipinski definition) is 1. The minimum atomic E-state index is -0.268. The molecule has 0 aliphatic heterocycles. The van der Waals surface area contributed by atoms with Crippen LogP contribution in [-0.2, 0) is 4.79 Å². The van der Waals surface area contributed by atoms with E-state index in [2.05, 4.69) is 15.0 Å². The van der Waals surface area contributed by atoms with Crippen LogP contribution in [0, 0.1) is 0 Å². The number of carbonyl (C=O) groups is 1. The number of hydrogen-bond acceptors (Lipinski definition) is 6. The van der Waals surface area contributed by atoms with E-state index in [1.54, 1.807) is 18.2 Å². The van der Waals surface area contributed by atoms with E-state index in [1.807, 2.05) is 0 Å². The number of ketones is 1. The molecule has 0 aliphatic carbocycles. The summed E-state index contributed by atoms with van der Waals surface area (Å²) in [5, 5.41) is 9.87.